The Labute approximate surface area is 216 Å². The van der Waals surface area contributed by atoms with E-state index < -0.39 is 0 Å². The Balaban J connectivity index is 1.73. The molecule has 6 heteroatoms. The Morgan fingerprint density at radius 1 is 0.600 bits per heavy atom. The summed E-state index contributed by atoms with van der Waals surface area (Å²) in [5.41, 5.74) is 7.03. The van der Waals surface area contributed by atoms with Crippen LogP contribution in [0.15, 0.2) is 60.7 Å². The predicted molar refractivity (Wildman–Crippen MR) is 147 cm³/mol. The maximum atomic E-state index is 5.98. The number of hydrogen-bond acceptors (Lipinski definition) is 3. The third-order valence-electron chi connectivity index (χ3n) is 6.46. The molecule has 0 fully saturated rings. The number of rotatable bonds is 2. The third-order valence-corrected chi connectivity index (χ3v) is 6.80. The fourth-order valence-electron chi connectivity index (χ4n) is 4.45. The summed E-state index contributed by atoms with van der Waals surface area (Å²) in [6.07, 6.45) is 0. The van der Waals surface area contributed by atoms with Gasteiger partial charge in [0.15, 0.2) is 5.82 Å². The highest BCUT2D eigenvalue weighted by Crippen LogP contribution is 2.37. The second kappa shape index (κ2) is 8.32. The van der Waals surface area contributed by atoms with Crippen molar-refractivity contribution in [2.45, 2.75) is 52.4 Å². The Bertz CT molecular complexity index is 1480. The highest BCUT2D eigenvalue weighted by Gasteiger charge is 2.20. The topological polar surface area (TPSA) is 43.6 Å². The van der Waals surface area contributed by atoms with E-state index in [1.54, 1.807) is 0 Å². The van der Waals surface area contributed by atoms with Crippen LogP contribution in [-0.4, -0.2) is 19.5 Å². The van der Waals surface area contributed by atoms with E-state index in [1.807, 2.05) is 12.1 Å². The molecule has 0 aliphatic rings. The summed E-state index contributed by atoms with van der Waals surface area (Å²) >= 11 is 12.0. The van der Waals surface area contributed by atoms with Gasteiger partial charge >= 0.3 is 0 Å². The molecule has 5 rings (SSSR count). The summed E-state index contributed by atoms with van der Waals surface area (Å²) in [6.45, 7) is 13.5. The molecule has 2 heterocycles. The predicted octanol–water partition coefficient (Wildman–Crippen LogP) is 8.54. The average Bonchev–Trinajstić information content (AvgIpc) is 3.10. The largest absolute Gasteiger partial charge is 0.309 e. The van der Waals surface area contributed by atoms with Gasteiger partial charge in [-0.25, -0.2) is 0 Å². The van der Waals surface area contributed by atoms with Crippen LogP contribution in [0.25, 0.3) is 38.9 Å². The van der Waals surface area contributed by atoms with Crippen molar-refractivity contribution >= 4 is 45.0 Å². The van der Waals surface area contributed by atoms with E-state index in [1.165, 1.54) is 32.9 Å². The zero-order valence-electron chi connectivity index (χ0n) is 20.8. The van der Waals surface area contributed by atoms with Gasteiger partial charge in [0.25, 0.3) is 0 Å². The van der Waals surface area contributed by atoms with E-state index in [2.05, 4.69) is 110 Å². The Morgan fingerprint density at radius 3 is 1.49 bits per heavy atom. The summed E-state index contributed by atoms with van der Waals surface area (Å²) in [5.74, 6) is 0.452. The zero-order valence-corrected chi connectivity index (χ0v) is 22.3. The maximum Gasteiger partial charge on any atom is 0.227 e. The lowest BCUT2D eigenvalue weighted by Crippen LogP contribution is -2.10. The van der Waals surface area contributed by atoms with Crippen LogP contribution < -0.4 is 0 Å². The van der Waals surface area contributed by atoms with Crippen LogP contribution in [0.1, 0.15) is 52.7 Å². The van der Waals surface area contributed by atoms with Gasteiger partial charge < -0.3 is 4.57 Å². The lowest BCUT2D eigenvalue weighted by molar-refractivity contribution is 0.590. The minimum atomic E-state index is 0.0684. The van der Waals surface area contributed by atoms with Crippen molar-refractivity contribution in [1.29, 1.82) is 0 Å². The Hall–Kier alpha value is -2.95. The molecule has 0 spiro atoms. The van der Waals surface area contributed by atoms with E-state index in [4.69, 9.17) is 23.2 Å². The highest BCUT2D eigenvalue weighted by molar-refractivity contribution is 6.31. The normalized spacial score (nSPS) is 12.6. The lowest BCUT2D eigenvalue weighted by atomic mass is 9.85. The van der Waals surface area contributed by atoms with Crippen LogP contribution in [0.5, 0.6) is 0 Å². The number of aromatic nitrogens is 4. The molecule has 0 unspecified atom stereocenters. The van der Waals surface area contributed by atoms with Gasteiger partial charge in [0, 0.05) is 22.0 Å². The van der Waals surface area contributed by atoms with Crippen LogP contribution in [0.3, 0.4) is 0 Å². The van der Waals surface area contributed by atoms with E-state index in [-0.39, 0.29) is 21.4 Å². The first-order chi connectivity index (χ1) is 16.4. The lowest BCUT2D eigenvalue weighted by Gasteiger charge is -2.19. The molecule has 0 saturated heterocycles. The van der Waals surface area contributed by atoms with Crippen molar-refractivity contribution in [2.75, 3.05) is 0 Å². The molecular formula is C29H28Cl2N4. The van der Waals surface area contributed by atoms with E-state index in [9.17, 15) is 0 Å². The van der Waals surface area contributed by atoms with E-state index >= 15 is 0 Å². The molecule has 5 aromatic rings. The van der Waals surface area contributed by atoms with E-state index in [0.29, 0.717) is 5.82 Å². The fraction of sp³-hybridized carbons (Fsp3) is 0.276. The number of fused-ring (bicyclic) bond motifs is 3. The van der Waals surface area contributed by atoms with Crippen LogP contribution >= 0.6 is 23.2 Å². The number of benzene rings is 3. The smallest absolute Gasteiger partial charge is 0.227 e. The van der Waals surface area contributed by atoms with Gasteiger partial charge in [-0.1, -0.05) is 53.7 Å². The second-order valence-corrected chi connectivity index (χ2v) is 11.7. The molecule has 0 bridgehead atoms. The van der Waals surface area contributed by atoms with Gasteiger partial charge in [0.2, 0.25) is 10.6 Å². The molecule has 0 amide bonds. The van der Waals surface area contributed by atoms with Gasteiger partial charge in [0.1, 0.15) is 0 Å². The van der Waals surface area contributed by atoms with Crippen LogP contribution in [0, 0.1) is 0 Å². The van der Waals surface area contributed by atoms with Crippen molar-refractivity contribution in [2.24, 2.45) is 0 Å². The number of hydrogen-bond donors (Lipinski definition) is 0. The molecule has 0 saturated carbocycles. The first kappa shape index (κ1) is 23.8. The molecule has 0 aliphatic heterocycles. The van der Waals surface area contributed by atoms with Crippen molar-refractivity contribution in [1.82, 2.24) is 19.5 Å². The molecule has 0 radical (unpaired) electrons. The quantitative estimate of drug-likeness (QED) is 0.242. The highest BCUT2D eigenvalue weighted by atomic mass is 35.5. The van der Waals surface area contributed by atoms with Crippen molar-refractivity contribution in [3.05, 3.63) is 82.4 Å². The maximum absolute atomic E-state index is 5.98. The Kier molecular flexibility index (Phi) is 5.65. The van der Waals surface area contributed by atoms with Gasteiger partial charge in [-0.2, -0.15) is 15.0 Å². The van der Waals surface area contributed by atoms with Crippen molar-refractivity contribution in [3.63, 3.8) is 0 Å². The molecule has 2 aromatic heterocycles. The zero-order chi connectivity index (χ0) is 25.1. The first-order valence-electron chi connectivity index (χ1n) is 11.7. The van der Waals surface area contributed by atoms with Gasteiger partial charge in [-0.05, 0) is 93.7 Å². The summed E-state index contributed by atoms with van der Waals surface area (Å²) < 4.78 is 2.32. The molecular weight excluding hydrogens is 475 g/mol. The monoisotopic (exact) mass is 502 g/mol. The standard InChI is InChI=1S/C29H28Cl2N4/c1-28(2,3)18-9-13-23-21(15-18)22-16-19(29(4,5)6)10-14-24(22)35(23)20-11-7-17(8-12-20)25-32-26(30)34-27(31)33-25/h7-16H,1-6H3. The summed E-state index contributed by atoms with van der Waals surface area (Å²) in [7, 11) is 0. The number of halogens is 2. The molecule has 0 atom stereocenters. The summed E-state index contributed by atoms with van der Waals surface area (Å²) in [6, 6.07) is 21.8. The molecule has 178 valence electrons. The molecule has 4 nitrogen and oxygen atoms in total. The molecule has 0 aliphatic carbocycles. The Morgan fingerprint density at radius 2 is 1.06 bits per heavy atom. The van der Waals surface area contributed by atoms with E-state index in [0.717, 1.165) is 11.3 Å². The van der Waals surface area contributed by atoms with Gasteiger partial charge in [-0.15, -0.1) is 0 Å². The third kappa shape index (κ3) is 4.41. The molecule has 35 heavy (non-hydrogen) atoms. The fourth-order valence-corrected chi connectivity index (χ4v) is 4.81. The van der Waals surface area contributed by atoms with Crippen molar-refractivity contribution in [3.8, 4) is 17.1 Å². The van der Waals surface area contributed by atoms with Gasteiger partial charge in [-0.3, -0.25) is 0 Å². The van der Waals surface area contributed by atoms with Crippen LogP contribution in [0.2, 0.25) is 10.6 Å². The van der Waals surface area contributed by atoms with Crippen molar-refractivity contribution < 1.29 is 0 Å². The summed E-state index contributed by atoms with van der Waals surface area (Å²) in [5, 5.41) is 2.68. The minimum absolute atomic E-state index is 0.0684. The van der Waals surface area contributed by atoms with Crippen LogP contribution in [-0.2, 0) is 10.8 Å². The molecule has 3 aromatic carbocycles. The molecule has 0 N–H and O–H groups in total. The first-order valence-corrected chi connectivity index (χ1v) is 12.4. The minimum Gasteiger partial charge on any atom is -0.309 e. The number of nitrogens with zero attached hydrogens (tertiary/aromatic N) is 4. The second-order valence-electron chi connectivity index (χ2n) is 11.0. The van der Waals surface area contributed by atoms with Crippen LogP contribution in [0.4, 0.5) is 0 Å². The SMILES string of the molecule is CC(C)(C)c1ccc2c(c1)c1cc(C(C)(C)C)ccc1n2-c1ccc(-c2nc(Cl)nc(Cl)n2)cc1. The average molecular weight is 503 g/mol. The van der Waals surface area contributed by atoms with Gasteiger partial charge in [0.05, 0.1) is 11.0 Å². The summed E-state index contributed by atoms with van der Waals surface area (Å²) in [4.78, 5) is 12.3.